The molecule has 1 N–H and O–H groups in total. The molecule has 2 rings (SSSR count). The summed E-state index contributed by atoms with van der Waals surface area (Å²) in [5, 5.41) is 2.66. The number of nitrogens with one attached hydrogen (secondary N) is 1. The standard InChI is InChI=1S/C19H20INO5S/c1-13-3-6-16(7-4-13)27(24,25)10-9-19(23)26-12-18(22)21-17-8-5-15(20)11-14(17)2/h3-8,11H,9-10,12H2,1-2H3,(H,21,22). The van der Waals surface area contributed by atoms with Crippen LogP contribution in [0.15, 0.2) is 47.4 Å². The van der Waals surface area contributed by atoms with Gasteiger partial charge >= 0.3 is 5.97 Å². The average molecular weight is 501 g/mol. The van der Waals surface area contributed by atoms with Crippen molar-refractivity contribution in [1.82, 2.24) is 0 Å². The molecule has 8 heteroatoms. The molecular formula is C19H20INO5S. The van der Waals surface area contributed by atoms with Gasteiger partial charge in [-0.1, -0.05) is 17.7 Å². The van der Waals surface area contributed by atoms with Crippen LogP contribution in [0.25, 0.3) is 0 Å². The second-order valence-corrected chi connectivity index (χ2v) is 9.40. The van der Waals surface area contributed by atoms with E-state index in [1.807, 2.05) is 26.0 Å². The fraction of sp³-hybridized carbons (Fsp3) is 0.263. The minimum absolute atomic E-state index is 0.160. The summed E-state index contributed by atoms with van der Waals surface area (Å²) in [5.74, 6) is -1.58. The summed E-state index contributed by atoms with van der Waals surface area (Å²) >= 11 is 2.17. The number of rotatable bonds is 7. The van der Waals surface area contributed by atoms with Crippen molar-refractivity contribution in [3.05, 3.63) is 57.2 Å². The monoisotopic (exact) mass is 501 g/mol. The maximum atomic E-state index is 12.2. The van der Waals surface area contributed by atoms with E-state index < -0.39 is 28.3 Å². The Balaban J connectivity index is 1.81. The lowest BCUT2D eigenvalue weighted by Crippen LogP contribution is -2.22. The van der Waals surface area contributed by atoms with Gasteiger partial charge < -0.3 is 10.1 Å². The molecule has 0 aliphatic heterocycles. The summed E-state index contributed by atoms with van der Waals surface area (Å²) in [7, 11) is -3.57. The maximum absolute atomic E-state index is 12.2. The SMILES string of the molecule is Cc1ccc(S(=O)(=O)CCC(=O)OCC(=O)Nc2ccc(I)cc2C)cc1. The predicted octanol–water partition coefficient (Wildman–Crippen LogP) is 3.25. The topological polar surface area (TPSA) is 89.5 Å². The van der Waals surface area contributed by atoms with Crippen molar-refractivity contribution in [2.75, 3.05) is 17.7 Å². The number of halogens is 1. The van der Waals surface area contributed by atoms with Gasteiger partial charge in [-0.2, -0.15) is 0 Å². The Morgan fingerprint density at radius 3 is 2.37 bits per heavy atom. The van der Waals surface area contributed by atoms with Crippen LogP contribution in [0.3, 0.4) is 0 Å². The lowest BCUT2D eigenvalue weighted by atomic mass is 10.2. The number of aryl methyl sites for hydroxylation is 2. The van der Waals surface area contributed by atoms with Crippen LogP contribution in [0, 0.1) is 17.4 Å². The molecule has 0 fully saturated rings. The van der Waals surface area contributed by atoms with Crippen molar-refractivity contribution < 1.29 is 22.7 Å². The van der Waals surface area contributed by atoms with Crippen molar-refractivity contribution in [1.29, 1.82) is 0 Å². The number of hydrogen-bond acceptors (Lipinski definition) is 5. The molecule has 0 aromatic heterocycles. The molecular weight excluding hydrogens is 481 g/mol. The Morgan fingerprint density at radius 1 is 1.07 bits per heavy atom. The fourth-order valence-electron chi connectivity index (χ4n) is 2.25. The van der Waals surface area contributed by atoms with Gasteiger partial charge in [0.05, 0.1) is 17.1 Å². The number of carbonyl (C=O) groups is 2. The summed E-state index contributed by atoms with van der Waals surface area (Å²) in [6.45, 7) is 3.26. The number of carbonyl (C=O) groups excluding carboxylic acids is 2. The second-order valence-electron chi connectivity index (χ2n) is 6.05. The number of ether oxygens (including phenoxy) is 1. The average Bonchev–Trinajstić information content (AvgIpc) is 2.61. The van der Waals surface area contributed by atoms with Gasteiger partial charge in [-0.15, -0.1) is 0 Å². The Labute approximate surface area is 172 Å². The summed E-state index contributed by atoms with van der Waals surface area (Å²) in [6.07, 6.45) is -0.313. The van der Waals surface area contributed by atoms with Crippen molar-refractivity contribution >= 4 is 50.0 Å². The van der Waals surface area contributed by atoms with Crippen molar-refractivity contribution in [2.45, 2.75) is 25.2 Å². The van der Waals surface area contributed by atoms with Gasteiger partial charge in [-0.25, -0.2) is 8.42 Å². The zero-order valence-electron chi connectivity index (χ0n) is 15.0. The summed E-state index contributed by atoms with van der Waals surface area (Å²) in [4.78, 5) is 23.8. The molecule has 0 saturated heterocycles. The molecule has 6 nitrogen and oxygen atoms in total. The molecule has 0 spiro atoms. The third-order valence-corrected chi connectivity index (χ3v) is 6.18. The molecule has 2 aromatic carbocycles. The van der Waals surface area contributed by atoms with E-state index in [1.165, 1.54) is 12.1 Å². The molecule has 0 atom stereocenters. The number of amides is 1. The van der Waals surface area contributed by atoms with Crippen LogP contribution >= 0.6 is 22.6 Å². The molecule has 0 saturated carbocycles. The lowest BCUT2D eigenvalue weighted by molar-refractivity contribution is -0.146. The van der Waals surface area contributed by atoms with E-state index in [2.05, 4.69) is 27.9 Å². The highest BCUT2D eigenvalue weighted by Crippen LogP contribution is 2.17. The molecule has 0 aliphatic carbocycles. The minimum Gasteiger partial charge on any atom is -0.456 e. The van der Waals surface area contributed by atoms with Gasteiger partial charge in [0, 0.05) is 9.26 Å². The van der Waals surface area contributed by atoms with Crippen LogP contribution in [0.4, 0.5) is 5.69 Å². The molecule has 2 aromatic rings. The molecule has 0 unspecified atom stereocenters. The predicted molar refractivity (Wildman–Crippen MR) is 111 cm³/mol. The summed E-state index contributed by atoms with van der Waals surface area (Å²) in [5.41, 5.74) is 2.48. The van der Waals surface area contributed by atoms with Crippen LogP contribution in [0.5, 0.6) is 0 Å². The van der Waals surface area contributed by atoms with Crippen LogP contribution in [0.1, 0.15) is 17.5 Å². The molecule has 27 heavy (non-hydrogen) atoms. The third-order valence-electron chi connectivity index (χ3n) is 3.78. The van der Waals surface area contributed by atoms with Crippen LogP contribution in [0.2, 0.25) is 0 Å². The van der Waals surface area contributed by atoms with E-state index in [9.17, 15) is 18.0 Å². The summed E-state index contributed by atoms with van der Waals surface area (Å²) in [6, 6.07) is 11.9. The number of anilines is 1. The van der Waals surface area contributed by atoms with E-state index in [0.29, 0.717) is 5.69 Å². The van der Waals surface area contributed by atoms with Gasteiger partial charge in [0.1, 0.15) is 0 Å². The Kier molecular flexibility index (Phi) is 7.37. The molecule has 1 amide bonds. The highest BCUT2D eigenvalue weighted by atomic mass is 127. The van der Waals surface area contributed by atoms with Crippen molar-refractivity contribution in [2.24, 2.45) is 0 Å². The minimum atomic E-state index is -3.57. The van der Waals surface area contributed by atoms with Crippen molar-refractivity contribution in [3.8, 4) is 0 Å². The quantitative estimate of drug-likeness (QED) is 0.465. The molecule has 0 aliphatic rings. The number of hydrogen-bond donors (Lipinski definition) is 1. The first-order chi connectivity index (χ1) is 12.7. The largest absolute Gasteiger partial charge is 0.456 e. The normalized spacial score (nSPS) is 11.1. The lowest BCUT2D eigenvalue weighted by Gasteiger charge is -2.09. The first-order valence-electron chi connectivity index (χ1n) is 8.18. The highest BCUT2D eigenvalue weighted by Gasteiger charge is 2.17. The maximum Gasteiger partial charge on any atom is 0.307 e. The zero-order valence-corrected chi connectivity index (χ0v) is 18.0. The first-order valence-corrected chi connectivity index (χ1v) is 10.9. The Hall–Kier alpha value is -1.94. The number of benzene rings is 2. The van der Waals surface area contributed by atoms with Gasteiger partial charge in [0.25, 0.3) is 5.91 Å². The molecule has 0 heterocycles. The van der Waals surface area contributed by atoms with Gasteiger partial charge in [-0.3, -0.25) is 9.59 Å². The number of sulfone groups is 1. The molecule has 0 radical (unpaired) electrons. The second kappa shape index (κ2) is 9.32. The van der Waals surface area contributed by atoms with Gasteiger partial charge in [0.15, 0.2) is 16.4 Å². The summed E-state index contributed by atoms with van der Waals surface area (Å²) < 4.78 is 30.3. The van der Waals surface area contributed by atoms with Crippen LogP contribution in [-0.4, -0.2) is 32.7 Å². The van der Waals surface area contributed by atoms with E-state index in [4.69, 9.17) is 4.74 Å². The number of esters is 1. The zero-order chi connectivity index (χ0) is 20.0. The van der Waals surface area contributed by atoms with E-state index >= 15 is 0 Å². The van der Waals surface area contributed by atoms with E-state index in [-0.39, 0.29) is 17.1 Å². The van der Waals surface area contributed by atoms with Crippen molar-refractivity contribution in [3.63, 3.8) is 0 Å². The van der Waals surface area contributed by atoms with E-state index in [0.717, 1.165) is 14.7 Å². The van der Waals surface area contributed by atoms with Crippen LogP contribution < -0.4 is 5.32 Å². The Morgan fingerprint density at radius 2 is 1.74 bits per heavy atom. The molecule has 144 valence electrons. The molecule has 0 bridgehead atoms. The third kappa shape index (κ3) is 6.62. The highest BCUT2D eigenvalue weighted by molar-refractivity contribution is 14.1. The van der Waals surface area contributed by atoms with Gasteiger partial charge in [-0.05, 0) is 72.3 Å². The Bertz CT molecular complexity index is 939. The van der Waals surface area contributed by atoms with Crippen LogP contribution in [-0.2, 0) is 24.2 Å². The first kappa shape index (κ1) is 21.4. The fourth-order valence-corrected chi connectivity index (χ4v) is 4.12. The van der Waals surface area contributed by atoms with Gasteiger partial charge in [0.2, 0.25) is 0 Å². The smallest absolute Gasteiger partial charge is 0.307 e. The van der Waals surface area contributed by atoms with E-state index in [1.54, 1.807) is 18.2 Å².